The normalized spacial score (nSPS) is 16.8. The summed E-state index contributed by atoms with van der Waals surface area (Å²) in [5.41, 5.74) is 1.55. The number of methoxy groups -OCH3 is 1. The van der Waals surface area contributed by atoms with Crippen LogP contribution in [0.5, 0.6) is 0 Å². The summed E-state index contributed by atoms with van der Waals surface area (Å²) < 4.78 is 18.3. The van der Waals surface area contributed by atoms with Crippen molar-refractivity contribution in [1.29, 1.82) is 0 Å². The van der Waals surface area contributed by atoms with Gasteiger partial charge >= 0.3 is 13.1 Å². The van der Waals surface area contributed by atoms with Gasteiger partial charge < -0.3 is 19.4 Å². The zero-order valence-electron chi connectivity index (χ0n) is 18.8. The van der Waals surface area contributed by atoms with Crippen molar-refractivity contribution in [2.24, 2.45) is 0 Å². The molecular formula is C23H26BN3O5. The maximum absolute atomic E-state index is 13.0. The van der Waals surface area contributed by atoms with Gasteiger partial charge in [-0.05, 0) is 51.4 Å². The fraction of sp³-hybridized carbons (Fsp3) is 0.348. The summed E-state index contributed by atoms with van der Waals surface area (Å²) in [4.78, 5) is 24.7. The molecule has 0 aliphatic carbocycles. The average molecular weight is 435 g/mol. The van der Waals surface area contributed by atoms with Crippen molar-refractivity contribution in [1.82, 2.24) is 9.78 Å². The summed E-state index contributed by atoms with van der Waals surface area (Å²) in [5, 5.41) is 7.87. The molecule has 0 radical (unpaired) electrons. The highest BCUT2D eigenvalue weighted by Crippen LogP contribution is 2.36. The van der Waals surface area contributed by atoms with Gasteiger partial charge in [-0.15, -0.1) is 0 Å². The number of nitrogens with one attached hydrogen (secondary N) is 1. The van der Waals surface area contributed by atoms with Gasteiger partial charge in [-0.3, -0.25) is 14.3 Å². The Morgan fingerprint density at radius 3 is 2.28 bits per heavy atom. The minimum absolute atomic E-state index is 0.0763. The summed E-state index contributed by atoms with van der Waals surface area (Å²) in [6, 6.07) is 14.6. The molecule has 0 atom stereocenters. The Labute approximate surface area is 187 Å². The van der Waals surface area contributed by atoms with E-state index in [4.69, 9.17) is 14.0 Å². The zero-order valence-corrected chi connectivity index (χ0v) is 18.8. The fourth-order valence-corrected chi connectivity index (χ4v) is 3.50. The van der Waals surface area contributed by atoms with E-state index in [0.717, 1.165) is 5.46 Å². The minimum atomic E-state index is -0.470. The quantitative estimate of drug-likeness (QED) is 0.490. The van der Waals surface area contributed by atoms with Gasteiger partial charge in [-0.25, -0.2) is 0 Å². The lowest BCUT2D eigenvalue weighted by molar-refractivity contribution is -0.141. The van der Waals surface area contributed by atoms with E-state index >= 15 is 0 Å². The van der Waals surface area contributed by atoms with Crippen molar-refractivity contribution in [2.75, 3.05) is 12.4 Å². The molecule has 9 heteroatoms. The third-order valence-corrected chi connectivity index (χ3v) is 6.07. The standard InChI is InChI=1S/C23H26BN3O5/c1-22(2)23(3,4)32-24(31-22)15-10-12-16(13-11-15)25-21(29)20-17-8-6-7-9-18(17)27(26-20)14-19(28)30-5/h6-13H,14H2,1-5H3,(H,25,29). The Hall–Kier alpha value is -3.17. The smallest absolute Gasteiger partial charge is 0.468 e. The number of nitrogens with zero attached hydrogens (tertiary/aromatic N) is 2. The number of aromatic nitrogens is 2. The fourth-order valence-electron chi connectivity index (χ4n) is 3.50. The Kier molecular flexibility index (Phi) is 5.56. The summed E-state index contributed by atoms with van der Waals surface area (Å²) in [6.07, 6.45) is 0. The summed E-state index contributed by atoms with van der Waals surface area (Å²) >= 11 is 0. The Balaban J connectivity index is 1.53. The lowest BCUT2D eigenvalue weighted by Gasteiger charge is -2.32. The van der Waals surface area contributed by atoms with Crippen LogP contribution in [-0.4, -0.2) is 47.1 Å². The minimum Gasteiger partial charge on any atom is -0.468 e. The third kappa shape index (κ3) is 4.01. The van der Waals surface area contributed by atoms with E-state index in [9.17, 15) is 9.59 Å². The summed E-state index contributed by atoms with van der Waals surface area (Å²) in [5.74, 6) is -0.809. The predicted molar refractivity (Wildman–Crippen MR) is 122 cm³/mol. The molecule has 1 aliphatic heterocycles. The molecule has 32 heavy (non-hydrogen) atoms. The first-order valence-electron chi connectivity index (χ1n) is 10.4. The Morgan fingerprint density at radius 1 is 1.03 bits per heavy atom. The van der Waals surface area contributed by atoms with Gasteiger partial charge in [0.05, 0.1) is 23.8 Å². The molecule has 8 nitrogen and oxygen atoms in total. The molecule has 2 aromatic carbocycles. The molecule has 1 fully saturated rings. The van der Waals surface area contributed by atoms with Gasteiger partial charge in [0.1, 0.15) is 6.54 Å². The van der Waals surface area contributed by atoms with Gasteiger partial charge in [0, 0.05) is 11.1 Å². The highest BCUT2D eigenvalue weighted by atomic mass is 16.7. The van der Waals surface area contributed by atoms with Crippen molar-refractivity contribution in [3.63, 3.8) is 0 Å². The number of carbonyl (C=O) groups is 2. The SMILES string of the molecule is COC(=O)Cn1nc(C(=O)Nc2ccc(B3OC(C)(C)C(C)(C)O3)cc2)c2ccccc21. The molecular weight excluding hydrogens is 409 g/mol. The zero-order chi connectivity index (χ0) is 23.1. The number of amides is 1. The van der Waals surface area contributed by atoms with Crippen LogP contribution in [0.2, 0.25) is 0 Å². The van der Waals surface area contributed by atoms with E-state index in [1.807, 2.05) is 52.0 Å². The molecule has 0 saturated carbocycles. The molecule has 2 heterocycles. The van der Waals surface area contributed by atoms with Crippen LogP contribution in [0, 0.1) is 0 Å². The van der Waals surface area contributed by atoms with Crippen LogP contribution in [0.4, 0.5) is 5.69 Å². The lowest BCUT2D eigenvalue weighted by atomic mass is 9.79. The molecule has 0 bridgehead atoms. The number of rotatable bonds is 5. The van der Waals surface area contributed by atoms with Gasteiger partial charge in [-0.1, -0.05) is 30.3 Å². The molecule has 0 spiro atoms. The number of anilines is 1. The molecule has 1 N–H and O–H groups in total. The second-order valence-corrected chi connectivity index (χ2v) is 8.76. The van der Waals surface area contributed by atoms with Crippen molar-refractivity contribution < 1.29 is 23.6 Å². The van der Waals surface area contributed by atoms with Crippen LogP contribution in [0.15, 0.2) is 48.5 Å². The molecule has 1 aromatic heterocycles. The molecule has 1 saturated heterocycles. The van der Waals surface area contributed by atoms with Crippen LogP contribution in [0.3, 0.4) is 0 Å². The van der Waals surface area contributed by atoms with Crippen LogP contribution in [0.25, 0.3) is 10.9 Å². The Bertz CT molecular complexity index is 1150. The molecule has 166 valence electrons. The van der Waals surface area contributed by atoms with Crippen LogP contribution in [0.1, 0.15) is 38.2 Å². The number of fused-ring (bicyclic) bond motifs is 1. The Morgan fingerprint density at radius 2 is 1.66 bits per heavy atom. The first kappa shape index (κ1) is 22.0. The number of benzene rings is 2. The average Bonchev–Trinajstić information content (AvgIpc) is 3.22. The van der Waals surface area contributed by atoms with E-state index < -0.39 is 24.3 Å². The maximum Gasteiger partial charge on any atom is 0.494 e. The maximum atomic E-state index is 13.0. The van der Waals surface area contributed by atoms with Gasteiger partial charge in [0.25, 0.3) is 5.91 Å². The van der Waals surface area contributed by atoms with Crippen molar-refractivity contribution in [2.45, 2.75) is 45.4 Å². The first-order chi connectivity index (χ1) is 15.1. The molecule has 1 aliphatic rings. The van der Waals surface area contributed by atoms with Crippen molar-refractivity contribution >= 4 is 41.0 Å². The second-order valence-electron chi connectivity index (χ2n) is 8.76. The molecule has 1 amide bonds. The highest BCUT2D eigenvalue weighted by molar-refractivity contribution is 6.62. The van der Waals surface area contributed by atoms with Crippen molar-refractivity contribution in [3.8, 4) is 0 Å². The first-order valence-corrected chi connectivity index (χ1v) is 10.4. The van der Waals surface area contributed by atoms with E-state index in [2.05, 4.69) is 10.4 Å². The topological polar surface area (TPSA) is 91.7 Å². The summed E-state index contributed by atoms with van der Waals surface area (Å²) in [7, 11) is 0.845. The van der Waals surface area contributed by atoms with Crippen molar-refractivity contribution in [3.05, 3.63) is 54.2 Å². The molecule has 0 unspecified atom stereocenters. The van der Waals surface area contributed by atoms with Crippen LogP contribution in [-0.2, 0) is 25.4 Å². The number of hydrogen-bond acceptors (Lipinski definition) is 6. The van der Waals surface area contributed by atoms with Gasteiger partial charge in [-0.2, -0.15) is 5.10 Å². The second kappa shape index (κ2) is 8.07. The largest absolute Gasteiger partial charge is 0.494 e. The van der Waals surface area contributed by atoms with E-state index in [1.165, 1.54) is 11.8 Å². The third-order valence-electron chi connectivity index (χ3n) is 6.07. The number of carbonyl (C=O) groups excluding carboxylic acids is 2. The monoisotopic (exact) mass is 435 g/mol. The highest BCUT2D eigenvalue weighted by Gasteiger charge is 2.51. The molecule has 3 aromatic rings. The van der Waals surface area contributed by atoms with E-state index in [-0.39, 0.29) is 18.1 Å². The van der Waals surface area contributed by atoms with E-state index in [0.29, 0.717) is 16.6 Å². The van der Waals surface area contributed by atoms with Gasteiger partial charge in [0.2, 0.25) is 0 Å². The predicted octanol–water partition coefficient (Wildman–Crippen LogP) is 2.76. The lowest BCUT2D eigenvalue weighted by Crippen LogP contribution is -2.41. The number of ether oxygens (including phenoxy) is 1. The number of hydrogen-bond donors (Lipinski definition) is 1. The number of esters is 1. The van der Waals surface area contributed by atoms with E-state index in [1.54, 1.807) is 24.3 Å². The van der Waals surface area contributed by atoms with Crippen LogP contribution < -0.4 is 10.8 Å². The summed E-state index contributed by atoms with van der Waals surface area (Å²) in [6.45, 7) is 7.94. The van der Waals surface area contributed by atoms with Gasteiger partial charge in [0.15, 0.2) is 5.69 Å². The number of para-hydroxylation sites is 1. The van der Waals surface area contributed by atoms with Crippen LogP contribution >= 0.6 is 0 Å². The molecule has 4 rings (SSSR count).